The predicted molar refractivity (Wildman–Crippen MR) is 127 cm³/mol. The van der Waals surface area contributed by atoms with Gasteiger partial charge in [0.1, 0.15) is 18.1 Å². The van der Waals surface area contributed by atoms with Crippen molar-refractivity contribution in [2.24, 2.45) is 4.99 Å². The van der Waals surface area contributed by atoms with Gasteiger partial charge in [0, 0.05) is 12.1 Å². The summed E-state index contributed by atoms with van der Waals surface area (Å²) in [5.74, 6) is 2.89. The van der Waals surface area contributed by atoms with Gasteiger partial charge in [0.2, 0.25) is 0 Å². The van der Waals surface area contributed by atoms with Gasteiger partial charge in [0.25, 0.3) is 0 Å². The van der Waals surface area contributed by atoms with Crippen molar-refractivity contribution in [2.45, 2.75) is 26.4 Å². The summed E-state index contributed by atoms with van der Waals surface area (Å²) in [6.45, 7) is 5.33. The Morgan fingerprint density at radius 3 is 2.52 bits per heavy atom. The summed E-state index contributed by atoms with van der Waals surface area (Å²) in [6.07, 6.45) is 0. The van der Waals surface area contributed by atoms with Gasteiger partial charge < -0.3 is 15.4 Å². The molecule has 2 aromatic carbocycles. The van der Waals surface area contributed by atoms with Crippen LogP contribution in [-0.2, 0) is 6.54 Å². The van der Waals surface area contributed by atoms with E-state index in [-0.39, 0.29) is 30.0 Å². The second-order valence-electron chi connectivity index (χ2n) is 6.31. The normalized spacial score (nSPS) is 12.0. The van der Waals surface area contributed by atoms with Crippen molar-refractivity contribution in [3.8, 4) is 17.1 Å². The molecule has 0 aliphatic heterocycles. The predicted octanol–water partition coefficient (Wildman–Crippen LogP) is 3.91. The molecule has 0 spiro atoms. The molecule has 0 radical (unpaired) electrons. The minimum absolute atomic E-state index is 0. The number of aromatic nitrogens is 3. The van der Waals surface area contributed by atoms with Crippen molar-refractivity contribution in [3.05, 3.63) is 66.0 Å². The number of H-pyrrole nitrogens is 1. The minimum Gasteiger partial charge on any atom is -0.497 e. The SMILES string of the molecule is CCNC(=NCc1nc(-c2ccc(OC)cc2)n[nH]1)NC(C)c1ccccc1.I. The van der Waals surface area contributed by atoms with E-state index in [1.165, 1.54) is 5.56 Å². The molecule has 3 N–H and O–H groups in total. The summed E-state index contributed by atoms with van der Waals surface area (Å²) in [6, 6.07) is 18.1. The van der Waals surface area contributed by atoms with Crippen LogP contribution in [0.5, 0.6) is 5.75 Å². The monoisotopic (exact) mass is 506 g/mol. The van der Waals surface area contributed by atoms with Crippen LogP contribution >= 0.6 is 24.0 Å². The quantitative estimate of drug-likeness (QED) is 0.257. The van der Waals surface area contributed by atoms with Crippen LogP contribution in [0.15, 0.2) is 59.6 Å². The molecule has 0 aliphatic rings. The lowest BCUT2D eigenvalue weighted by Crippen LogP contribution is -2.38. The van der Waals surface area contributed by atoms with Crippen LogP contribution in [0.2, 0.25) is 0 Å². The molecule has 0 aliphatic carbocycles. The summed E-state index contributed by atoms with van der Waals surface area (Å²) in [5, 5.41) is 13.9. The van der Waals surface area contributed by atoms with Crippen LogP contribution in [0, 0.1) is 0 Å². The fraction of sp³-hybridized carbons (Fsp3) is 0.286. The number of nitrogens with zero attached hydrogens (tertiary/aromatic N) is 3. The van der Waals surface area contributed by atoms with Gasteiger partial charge in [0.15, 0.2) is 11.8 Å². The number of methoxy groups -OCH3 is 1. The van der Waals surface area contributed by atoms with Gasteiger partial charge in [0.05, 0.1) is 13.2 Å². The molecular weight excluding hydrogens is 479 g/mol. The second kappa shape index (κ2) is 11.4. The van der Waals surface area contributed by atoms with Gasteiger partial charge in [-0.15, -0.1) is 24.0 Å². The Morgan fingerprint density at radius 2 is 1.86 bits per heavy atom. The first-order valence-corrected chi connectivity index (χ1v) is 9.35. The first-order valence-electron chi connectivity index (χ1n) is 9.35. The number of benzene rings is 2. The van der Waals surface area contributed by atoms with Gasteiger partial charge in [-0.3, -0.25) is 5.10 Å². The molecule has 1 atom stereocenters. The van der Waals surface area contributed by atoms with Gasteiger partial charge in [-0.05, 0) is 43.7 Å². The highest BCUT2D eigenvalue weighted by Crippen LogP contribution is 2.19. The first-order chi connectivity index (χ1) is 13.7. The summed E-state index contributed by atoms with van der Waals surface area (Å²) in [4.78, 5) is 9.16. The second-order valence-corrected chi connectivity index (χ2v) is 6.31. The highest BCUT2D eigenvalue weighted by atomic mass is 127. The van der Waals surface area contributed by atoms with Crippen molar-refractivity contribution in [3.63, 3.8) is 0 Å². The maximum Gasteiger partial charge on any atom is 0.192 e. The van der Waals surface area contributed by atoms with E-state index in [9.17, 15) is 0 Å². The van der Waals surface area contributed by atoms with E-state index in [1.54, 1.807) is 7.11 Å². The molecule has 1 heterocycles. The fourth-order valence-electron chi connectivity index (χ4n) is 2.74. The molecule has 154 valence electrons. The number of hydrogen-bond donors (Lipinski definition) is 3. The van der Waals surface area contributed by atoms with Crippen molar-refractivity contribution in [1.82, 2.24) is 25.8 Å². The topological polar surface area (TPSA) is 87.2 Å². The highest BCUT2D eigenvalue weighted by molar-refractivity contribution is 14.0. The van der Waals surface area contributed by atoms with Gasteiger partial charge in [-0.1, -0.05) is 30.3 Å². The maximum absolute atomic E-state index is 5.18. The van der Waals surface area contributed by atoms with E-state index < -0.39 is 0 Å². The third-order valence-electron chi connectivity index (χ3n) is 4.26. The molecule has 3 aromatic rings. The van der Waals surface area contributed by atoms with Crippen LogP contribution in [0.3, 0.4) is 0 Å². The zero-order chi connectivity index (χ0) is 19.8. The third-order valence-corrected chi connectivity index (χ3v) is 4.26. The molecule has 7 nitrogen and oxygen atoms in total. The molecule has 8 heteroatoms. The number of guanidine groups is 1. The Kier molecular flexibility index (Phi) is 8.91. The lowest BCUT2D eigenvalue weighted by Gasteiger charge is -2.18. The zero-order valence-electron chi connectivity index (χ0n) is 16.8. The zero-order valence-corrected chi connectivity index (χ0v) is 19.2. The molecule has 1 unspecified atom stereocenters. The number of rotatable bonds is 7. The lowest BCUT2D eigenvalue weighted by atomic mass is 10.1. The maximum atomic E-state index is 5.18. The van der Waals surface area contributed by atoms with Gasteiger partial charge in [-0.2, -0.15) is 5.10 Å². The number of halogens is 1. The van der Waals surface area contributed by atoms with Crippen molar-refractivity contribution >= 4 is 29.9 Å². The Balaban J connectivity index is 0.00000300. The largest absolute Gasteiger partial charge is 0.497 e. The molecule has 3 rings (SSSR count). The number of hydrogen-bond acceptors (Lipinski definition) is 4. The molecule has 0 saturated carbocycles. The van der Waals surface area contributed by atoms with Gasteiger partial charge >= 0.3 is 0 Å². The fourth-order valence-corrected chi connectivity index (χ4v) is 2.74. The van der Waals surface area contributed by atoms with E-state index in [0.29, 0.717) is 18.2 Å². The smallest absolute Gasteiger partial charge is 0.192 e. The van der Waals surface area contributed by atoms with E-state index in [1.807, 2.05) is 49.4 Å². The molecule has 0 saturated heterocycles. The molecule has 29 heavy (non-hydrogen) atoms. The Morgan fingerprint density at radius 1 is 1.14 bits per heavy atom. The van der Waals surface area contributed by atoms with Crippen LogP contribution < -0.4 is 15.4 Å². The summed E-state index contributed by atoms with van der Waals surface area (Å²) < 4.78 is 5.18. The standard InChI is InChI=1S/C21H26N6O.HI/c1-4-22-21(24-15(2)16-8-6-5-7-9-16)23-14-19-25-20(27-26-19)17-10-12-18(28-3)13-11-17;/h5-13,15H,4,14H2,1-3H3,(H2,22,23,24)(H,25,26,27);1H. The summed E-state index contributed by atoms with van der Waals surface area (Å²) in [7, 11) is 1.65. The summed E-state index contributed by atoms with van der Waals surface area (Å²) >= 11 is 0. The number of aliphatic imine (C=N–C) groups is 1. The van der Waals surface area contributed by atoms with Crippen LogP contribution in [-0.4, -0.2) is 34.8 Å². The Hall–Kier alpha value is -2.62. The third kappa shape index (κ3) is 6.45. The van der Waals surface area contributed by atoms with Crippen LogP contribution in [0.25, 0.3) is 11.4 Å². The summed E-state index contributed by atoms with van der Waals surface area (Å²) in [5.41, 5.74) is 2.13. The van der Waals surface area contributed by atoms with E-state index in [0.717, 1.165) is 23.8 Å². The van der Waals surface area contributed by atoms with Crippen molar-refractivity contribution in [2.75, 3.05) is 13.7 Å². The Bertz CT molecular complexity index is 895. The van der Waals surface area contributed by atoms with Crippen molar-refractivity contribution in [1.29, 1.82) is 0 Å². The van der Waals surface area contributed by atoms with Crippen LogP contribution in [0.1, 0.15) is 31.3 Å². The van der Waals surface area contributed by atoms with Gasteiger partial charge in [-0.25, -0.2) is 9.98 Å². The highest BCUT2D eigenvalue weighted by Gasteiger charge is 2.09. The van der Waals surface area contributed by atoms with E-state index in [4.69, 9.17) is 4.74 Å². The van der Waals surface area contributed by atoms with E-state index in [2.05, 4.69) is 49.9 Å². The average molecular weight is 506 g/mol. The van der Waals surface area contributed by atoms with E-state index >= 15 is 0 Å². The minimum atomic E-state index is 0. The van der Waals surface area contributed by atoms with Crippen molar-refractivity contribution < 1.29 is 4.74 Å². The lowest BCUT2D eigenvalue weighted by molar-refractivity contribution is 0.415. The average Bonchev–Trinajstić information content (AvgIpc) is 3.22. The van der Waals surface area contributed by atoms with Crippen LogP contribution in [0.4, 0.5) is 0 Å². The number of aromatic amines is 1. The first kappa shape index (κ1) is 22.7. The molecular formula is C21H27IN6O. The molecule has 0 amide bonds. The molecule has 1 aromatic heterocycles. The number of ether oxygens (including phenoxy) is 1. The molecule has 0 fully saturated rings. The molecule has 0 bridgehead atoms. The Labute approximate surface area is 188 Å². The number of nitrogens with one attached hydrogen (secondary N) is 3.